The molecule has 2 heterocycles. The summed E-state index contributed by atoms with van der Waals surface area (Å²) < 4.78 is 1.68. The molecule has 0 aliphatic rings. The predicted octanol–water partition coefficient (Wildman–Crippen LogP) is 0.851. The van der Waals surface area contributed by atoms with E-state index in [1.807, 2.05) is 0 Å². The van der Waals surface area contributed by atoms with Gasteiger partial charge in [-0.1, -0.05) is 13.3 Å². The third-order valence-corrected chi connectivity index (χ3v) is 2.19. The van der Waals surface area contributed by atoms with Gasteiger partial charge >= 0.3 is 0 Å². The Morgan fingerprint density at radius 1 is 1.35 bits per heavy atom. The molecule has 0 bridgehead atoms. The first-order chi connectivity index (χ1) is 8.29. The molecule has 0 fully saturated rings. The molecule has 0 unspecified atom stereocenters. The van der Waals surface area contributed by atoms with Crippen LogP contribution in [0, 0.1) is 0 Å². The standard InChI is InChI=1S/C10H15N7/c1-2-3-4-13-9-14-8(11)15-10(16-9)17-6-5-12-7-17/h5-7H,2-4H2,1H3,(H3,11,13,14,15,16). The van der Waals surface area contributed by atoms with Crippen LogP contribution in [-0.4, -0.2) is 31.0 Å². The number of rotatable bonds is 5. The number of nitrogen functional groups attached to an aromatic ring is 1. The molecule has 7 heteroatoms. The van der Waals surface area contributed by atoms with Crippen LogP contribution < -0.4 is 11.1 Å². The van der Waals surface area contributed by atoms with Crippen LogP contribution in [0.15, 0.2) is 18.7 Å². The number of hydrogen-bond acceptors (Lipinski definition) is 6. The van der Waals surface area contributed by atoms with Gasteiger partial charge in [0, 0.05) is 18.9 Å². The van der Waals surface area contributed by atoms with Crippen molar-refractivity contribution in [1.82, 2.24) is 24.5 Å². The Kier molecular flexibility index (Phi) is 3.49. The maximum absolute atomic E-state index is 5.63. The molecule has 0 aliphatic heterocycles. The lowest BCUT2D eigenvalue weighted by Crippen LogP contribution is -2.11. The first kappa shape index (κ1) is 11.3. The van der Waals surface area contributed by atoms with Crippen LogP contribution in [0.1, 0.15) is 19.8 Å². The number of nitrogens with zero attached hydrogens (tertiary/aromatic N) is 5. The van der Waals surface area contributed by atoms with Gasteiger partial charge in [0.1, 0.15) is 6.33 Å². The predicted molar refractivity (Wildman–Crippen MR) is 64.8 cm³/mol. The fourth-order valence-electron chi connectivity index (χ4n) is 1.33. The van der Waals surface area contributed by atoms with E-state index in [4.69, 9.17) is 5.73 Å². The second-order valence-electron chi connectivity index (χ2n) is 3.57. The summed E-state index contributed by atoms with van der Waals surface area (Å²) in [6.07, 6.45) is 7.20. The minimum atomic E-state index is 0.197. The highest BCUT2D eigenvalue weighted by atomic mass is 15.3. The molecule has 0 saturated heterocycles. The summed E-state index contributed by atoms with van der Waals surface area (Å²) in [4.78, 5) is 16.3. The van der Waals surface area contributed by atoms with Crippen molar-refractivity contribution in [2.75, 3.05) is 17.6 Å². The number of nitrogens with two attached hydrogens (primary N) is 1. The largest absolute Gasteiger partial charge is 0.368 e. The van der Waals surface area contributed by atoms with Crippen LogP contribution >= 0.6 is 0 Å². The summed E-state index contributed by atoms with van der Waals surface area (Å²) in [6.45, 7) is 2.95. The maximum Gasteiger partial charge on any atom is 0.241 e. The van der Waals surface area contributed by atoms with Crippen molar-refractivity contribution < 1.29 is 0 Å². The van der Waals surface area contributed by atoms with Crippen molar-refractivity contribution in [2.24, 2.45) is 0 Å². The minimum Gasteiger partial charge on any atom is -0.368 e. The van der Waals surface area contributed by atoms with Gasteiger partial charge in [-0.15, -0.1) is 0 Å². The van der Waals surface area contributed by atoms with Crippen molar-refractivity contribution in [3.05, 3.63) is 18.7 Å². The average molecular weight is 233 g/mol. The zero-order chi connectivity index (χ0) is 12.1. The van der Waals surface area contributed by atoms with Gasteiger partial charge < -0.3 is 11.1 Å². The van der Waals surface area contributed by atoms with Crippen LogP contribution in [0.3, 0.4) is 0 Å². The fraction of sp³-hybridized carbons (Fsp3) is 0.400. The lowest BCUT2D eigenvalue weighted by atomic mass is 10.3. The molecule has 2 aromatic heterocycles. The SMILES string of the molecule is CCCCNc1nc(N)nc(-n2ccnc2)n1. The number of aromatic nitrogens is 5. The van der Waals surface area contributed by atoms with Gasteiger partial charge in [0.15, 0.2) is 0 Å². The van der Waals surface area contributed by atoms with Crippen molar-refractivity contribution >= 4 is 11.9 Å². The topological polar surface area (TPSA) is 94.5 Å². The average Bonchev–Trinajstić information content (AvgIpc) is 2.82. The smallest absolute Gasteiger partial charge is 0.241 e. The lowest BCUT2D eigenvalue weighted by Gasteiger charge is -2.06. The Balaban J connectivity index is 2.18. The number of nitrogens with one attached hydrogen (secondary N) is 1. The van der Waals surface area contributed by atoms with E-state index >= 15 is 0 Å². The van der Waals surface area contributed by atoms with E-state index in [-0.39, 0.29) is 5.95 Å². The minimum absolute atomic E-state index is 0.197. The molecule has 0 atom stereocenters. The first-order valence-electron chi connectivity index (χ1n) is 5.53. The molecule has 90 valence electrons. The van der Waals surface area contributed by atoms with E-state index in [2.05, 4.69) is 32.2 Å². The van der Waals surface area contributed by atoms with E-state index in [9.17, 15) is 0 Å². The summed E-state index contributed by atoms with van der Waals surface area (Å²) in [5.41, 5.74) is 5.63. The van der Waals surface area contributed by atoms with Crippen molar-refractivity contribution in [3.8, 4) is 5.95 Å². The fourth-order valence-corrected chi connectivity index (χ4v) is 1.33. The Morgan fingerprint density at radius 3 is 2.94 bits per heavy atom. The van der Waals surface area contributed by atoms with Gasteiger partial charge in [0.2, 0.25) is 17.8 Å². The lowest BCUT2D eigenvalue weighted by molar-refractivity contribution is 0.819. The molecule has 0 spiro atoms. The molecule has 17 heavy (non-hydrogen) atoms. The zero-order valence-electron chi connectivity index (χ0n) is 9.67. The van der Waals surface area contributed by atoms with Crippen molar-refractivity contribution in [3.63, 3.8) is 0 Å². The number of anilines is 2. The summed E-state index contributed by atoms with van der Waals surface area (Å²) >= 11 is 0. The van der Waals surface area contributed by atoms with Crippen LogP contribution in [0.5, 0.6) is 0 Å². The van der Waals surface area contributed by atoms with Gasteiger partial charge in [0.25, 0.3) is 0 Å². The molecule has 0 amide bonds. The first-order valence-corrected chi connectivity index (χ1v) is 5.53. The number of unbranched alkanes of at least 4 members (excludes halogenated alkanes) is 1. The second-order valence-corrected chi connectivity index (χ2v) is 3.57. The third kappa shape index (κ3) is 2.90. The summed E-state index contributed by atoms with van der Waals surface area (Å²) in [5.74, 6) is 1.16. The Bertz CT molecular complexity index is 466. The van der Waals surface area contributed by atoms with Crippen LogP contribution in [0.4, 0.5) is 11.9 Å². The quantitative estimate of drug-likeness (QED) is 0.743. The monoisotopic (exact) mass is 233 g/mol. The third-order valence-electron chi connectivity index (χ3n) is 2.19. The Labute approximate surface area is 99.1 Å². The van der Waals surface area contributed by atoms with E-state index in [1.54, 1.807) is 23.3 Å². The van der Waals surface area contributed by atoms with Gasteiger partial charge in [-0.05, 0) is 6.42 Å². The van der Waals surface area contributed by atoms with E-state index in [0.717, 1.165) is 19.4 Å². The zero-order valence-corrected chi connectivity index (χ0v) is 9.67. The summed E-state index contributed by atoms with van der Waals surface area (Å²) in [5, 5.41) is 3.11. The molecule has 3 N–H and O–H groups in total. The molecule has 0 radical (unpaired) electrons. The maximum atomic E-state index is 5.63. The number of imidazole rings is 1. The van der Waals surface area contributed by atoms with E-state index in [0.29, 0.717) is 11.9 Å². The van der Waals surface area contributed by atoms with Gasteiger partial charge in [-0.3, -0.25) is 4.57 Å². The molecule has 0 saturated carbocycles. The highest BCUT2D eigenvalue weighted by Gasteiger charge is 2.05. The Morgan fingerprint density at radius 2 is 2.24 bits per heavy atom. The molecule has 0 aliphatic carbocycles. The van der Waals surface area contributed by atoms with Gasteiger partial charge in [-0.25, -0.2) is 4.98 Å². The molecule has 2 rings (SSSR count). The normalized spacial score (nSPS) is 10.4. The van der Waals surface area contributed by atoms with Crippen LogP contribution in [0.25, 0.3) is 5.95 Å². The van der Waals surface area contributed by atoms with E-state index < -0.39 is 0 Å². The number of hydrogen-bond donors (Lipinski definition) is 2. The van der Waals surface area contributed by atoms with Crippen molar-refractivity contribution in [1.29, 1.82) is 0 Å². The molecular formula is C10H15N7. The summed E-state index contributed by atoms with van der Waals surface area (Å²) in [7, 11) is 0. The van der Waals surface area contributed by atoms with Crippen LogP contribution in [-0.2, 0) is 0 Å². The van der Waals surface area contributed by atoms with Crippen molar-refractivity contribution in [2.45, 2.75) is 19.8 Å². The second kappa shape index (κ2) is 5.24. The van der Waals surface area contributed by atoms with Crippen LogP contribution in [0.2, 0.25) is 0 Å². The molecule has 7 nitrogen and oxygen atoms in total. The Hall–Kier alpha value is -2.18. The highest BCUT2D eigenvalue weighted by Crippen LogP contribution is 2.06. The van der Waals surface area contributed by atoms with Gasteiger partial charge in [0.05, 0.1) is 0 Å². The molecule has 2 aromatic rings. The molecule has 0 aromatic carbocycles. The highest BCUT2D eigenvalue weighted by molar-refractivity contribution is 5.34. The van der Waals surface area contributed by atoms with E-state index in [1.165, 1.54) is 0 Å². The van der Waals surface area contributed by atoms with Gasteiger partial charge in [-0.2, -0.15) is 15.0 Å². The summed E-state index contributed by atoms with van der Waals surface area (Å²) in [6, 6.07) is 0. The molecular weight excluding hydrogens is 218 g/mol.